The van der Waals surface area contributed by atoms with E-state index in [2.05, 4.69) is 14.8 Å². The lowest BCUT2D eigenvalue weighted by Crippen LogP contribution is -2.45. The van der Waals surface area contributed by atoms with Crippen LogP contribution in [0.1, 0.15) is 19.3 Å². The quantitative estimate of drug-likeness (QED) is 0.914. The lowest BCUT2D eigenvalue weighted by Gasteiger charge is -2.33. The molecule has 1 aromatic carbocycles. The van der Waals surface area contributed by atoms with Crippen LogP contribution in [0.5, 0.6) is 0 Å². The molecule has 1 aromatic heterocycles. The first-order chi connectivity index (χ1) is 10.8. The summed E-state index contributed by atoms with van der Waals surface area (Å²) in [4.78, 5) is 13.8. The van der Waals surface area contributed by atoms with Crippen molar-refractivity contribution in [3.63, 3.8) is 0 Å². The molecule has 116 valence electrons. The first-order valence-electron chi connectivity index (χ1n) is 8.20. The highest BCUT2D eigenvalue weighted by Crippen LogP contribution is 2.25. The number of aliphatic hydroxyl groups excluding tert-OH is 1. The Bertz CT molecular complexity index is 656. The van der Waals surface area contributed by atoms with Gasteiger partial charge in [-0.3, -0.25) is 9.88 Å². The fourth-order valence-electron chi connectivity index (χ4n) is 3.67. The maximum Gasteiger partial charge on any atom is 0.147 e. The van der Waals surface area contributed by atoms with Crippen molar-refractivity contribution in [3.05, 3.63) is 30.5 Å². The average molecular weight is 298 g/mol. The van der Waals surface area contributed by atoms with Crippen LogP contribution in [0.3, 0.4) is 0 Å². The average Bonchev–Trinajstić information content (AvgIpc) is 2.97. The molecule has 2 atom stereocenters. The molecule has 0 radical (unpaired) electrons. The molecule has 0 bridgehead atoms. The van der Waals surface area contributed by atoms with Gasteiger partial charge in [0.05, 0.1) is 29.4 Å². The summed E-state index contributed by atoms with van der Waals surface area (Å²) in [6.45, 7) is 3.71. The second kappa shape index (κ2) is 5.82. The number of likely N-dealkylation sites (tertiary alicyclic amines) is 1. The molecule has 5 nitrogen and oxygen atoms in total. The van der Waals surface area contributed by atoms with Crippen molar-refractivity contribution in [1.29, 1.82) is 0 Å². The maximum atomic E-state index is 10.5. The van der Waals surface area contributed by atoms with Gasteiger partial charge in [-0.05, 0) is 38.1 Å². The fourth-order valence-corrected chi connectivity index (χ4v) is 3.67. The summed E-state index contributed by atoms with van der Waals surface area (Å²) < 4.78 is 0. The molecule has 2 aromatic rings. The van der Waals surface area contributed by atoms with Gasteiger partial charge in [0, 0.05) is 13.1 Å². The van der Waals surface area contributed by atoms with Crippen molar-refractivity contribution in [2.24, 2.45) is 0 Å². The van der Waals surface area contributed by atoms with Crippen molar-refractivity contribution in [3.8, 4) is 0 Å². The Balaban J connectivity index is 1.54. The molecule has 0 unspecified atom stereocenters. The minimum absolute atomic E-state index is 0.230. The van der Waals surface area contributed by atoms with E-state index in [1.54, 1.807) is 0 Å². The zero-order valence-corrected chi connectivity index (χ0v) is 12.7. The lowest BCUT2D eigenvalue weighted by atomic mass is 10.1. The molecule has 2 aliphatic heterocycles. The fraction of sp³-hybridized carbons (Fsp3) is 0.529. The van der Waals surface area contributed by atoms with Crippen LogP contribution >= 0.6 is 0 Å². The standard InChI is InChI=1S/C17H22N4O/c22-16-12-21(11-15(16)20-8-4-1-5-9-20)17-10-18-13-6-2-3-7-14(13)19-17/h2-3,6-7,10,15-16,22H,1,4-5,8-9,11-12H2/t15-,16-/m0/s1. The predicted octanol–water partition coefficient (Wildman–Crippen LogP) is 1.67. The number of piperidine rings is 1. The van der Waals surface area contributed by atoms with Crippen molar-refractivity contribution < 1.29 is 5.11 Å². The van der Waals surface area contributed by atoms with E-state index in [4.69, 9.17) is 4.98 Å². The Morgan fingerprint density at radius 2 is 1.77 bits per heavy atom. The van der Waals surface area contributed by atoms with E-state index in [0.29, 0.717) is 6.54 Å². The SMILES string of the molecule is O[C@H]1CN(c2cnc3ccccc3n2)C[C@@H]1N1CCCCC1. The molecule has 3 heterocycles. The Morgan fingerprint density at radius 1 is 1.00 bits per heavy atom. The highest BCUT2D eigenvalue weighted by molar-refractivity contribution is 5.75. The number of hydrogen-bond acceptors (Lipinski definition) is 5. The van der Waals surface area contributed by atoms with Gasteiger partial charge in [-0.15, -0.1) is 0 Å². The van der Waals surface area contributed by atoms with Gasteiger partial charge in [-0.1, -0.05) is 18.6 Å². The van der Waals surface area contributed by atoms with Gasteiger partial charge in [0.25, 0.3) is 0 Å². The van der Waals surface area contributed by atoms with E-state index >= 15 is 0 Å². The Morgan fingerprint density at radius 3 is 2.59 bits per heavy atom. The smallest absolute Gasteiger partial charge is 0.147 e. The second-order valence-corrected chi connectivity index (χ2v) is 6.35. The largest absolute Gasteiger partial charge is 0.390 e. The highest BCUT2D eigenvalue weighted by atomic mass is 16.3. The van der Waals surface area contributed by atoms with Crippen molar-refractivity contribution in [1.82, 2.24) is 14.9 Å². The molecular weight excluding hydrogens is 276 g/mol. The summed E-state index contributed by atoms with van der Waals surface area (Å²) in [6, 6.07) is 8.15. The first kappa shape index (κ1) is 13.9. The zero-order valence-electron chi connectivity index (χ0n) is 12.7. The van der Waals surface area contributed by atoms with Gasteiger partial charge in [0.1, 0.15) is 5.82 Å². The lowest BCUT2D eigenvalue weighted by molar-refractivity contribution is 0.0706. The highest BCUT2D eigenvalue weighted by Gasteiger charge is 2.36. The van der Waals surface area contributed by atoms with Crippen LogP contribution in [-0.2, 0) is 0 Å². The molecule has 1 N–H and O–H groups in total. The van der Waals surface area contributed by atoms with Crippen LogP contribution in [-0.4, -0.2) is 58.3 Å². The minimum Gasteiger partial charge on any atom is -0.390 e. The summed E-state index contributed by atoms with van der Waals surface area (Å²) in [5, 5.41) is 10.5. The maximum absolute atomic E-state index is 10.5. The molecule has 5 heteroatoms. The van der Waals surface area contributed by atoms with E-state index in [9.17, 15) is 5.11 Å². The molecule has 4 rings (SSSR count). The summed E-state index contributed by atoms with van der Waals surface area (Å²) >= 11 is 0. The summed E-state index contributed by atoms with van der Waals surface area (Å²) in [5.41, 5.74) is 1.83. The monoisotopic (exact) mass is 298 g/mol. The number of fused-ring (bicyclic) bond motifs is 1. The van der Waals surface area contributed by atoms with Crippen LogP contribution in [0.25, 0.3) is 11.0 Å². The Kier molecular flexibility index (Phi) is 3.68. The molecular formula is C17H22N4O. The van der Waals surface area contributed by atoms with Crippen LogP contribution < -0.4 is 4.90 Å². The van der Waals surface area contributed by atoms with Gasteiger partial charge in [-0.25, -0.2) is 4.98 Å². The van der Waals surface area contributed by atoms with Gasteiger partial charge in [0.15, 0.2) is 0 Å². The van der Waals surface area contributed by atoms with Crippen molar-refractivity contribution >= 4 is 16.9 Å². The molecule has 0 saturated carbocycles. The minimum atomic E-state index is -0.300. The summed E-state index contributed by atoms with van der Waals surface area (Å²) in [6.07, 6.45) is 5.34. The molecule has 2 saturated heterocycles. The van der Waals surface area contributed by atoms with E-state index in [-0.39, 0.29) is 12.1 Å². The topological polar surface area (TPSA) is 52.5 Å². The van der Waals surface area contributed by atoms with Gasteiger partial charge >= 0.3 is 0 Å². The number of hydrogen-bond donors (Lipinski definition) is 1. The Hall–Kier alpha value is -1.72. The molecule has 0 amide bonds. The van der Waals surface area contributed by atoms with E-state index < -0.39 is 0 Å². The summed E-state index contributed by atoms with van der Waals surface area (Å²) in [7, 11) is 0. The third-order valence-corrected chi connectivity index (χ3v) is 4.88. The molecule has 2 aliphatic rings. The van der Waals surface area contributed by atoms with Gasteiger partial charge in [0.2, 0.25) is 0 Å². The number of nitrogens with zero attached hydrogens (tertiary/aromatic N) is 4. The number of aliphatic hydroxyl groups is 1. The van der Waals surface area contributed by atoms with Crippen LogP contribution in [0.2, 0.25) is 0 Å². The molecule has 0 spiro atoms. The van der Waals surface area contributed by atoms with Gasteiger partial charge in [-0.2, -0.15) is 0 Å². The molecule has 2 fully saturated rings. The number of anilines is 1. The van der Waals surface area contributed by atoms with Crippen LogP contribution in [0.15, 0.2) is 30.5 Å². The second-order valence-electron chi connectivity index (χ2n) is 6.35. The van der Waals surface area contributed by atoms with Crippen molar-refractivity contribution in [2.75, 3.05) is 31.1 Å². The van der Waals surface area contributed by atoms with Crippen molar-refractivity contribution in [2.45, 2.75) is 31.4 Å². The Labute approximate surface area is 130 Å². The number of aromatic nitrogens is 2. The zero-order chi connectivity index (χ0) is 14.9. The summed E-state index contributed by atoms with van der Waals surface area (Å²) in [5.74, 6) is 0.872. The number of β-amino-alcohol motifs (C(OH)–C–C–N with tert-alkyl or cyclic N) is 1. The van der Waals surface area contributed by atoms with E-state index in [0.717, 1.165) is 36.5 Å². The van der Waals surface area contributed by atoms with Crippen LogP contribution in [0, 0.1) is 0 Å². The normalized spacial score (nSPS) is 26.7. The van der Waals surface area contributed by atoms with Crippen LogP contribution in [0.4, 0.5) is 5.82 Å². The number of rotatable bonds is 2. The first-order valence-corrected chi connectivity index (χ1v) is 8.20. The number of benzene rings is 1. The number of para-hydroxylation sites is 2. The molecule has 22 heavy (non-hydrogen) atoms. The molecule has 0 aliphatic carbocycles. The third kappa shape index (κ3) is 2.55. The van der Waals surface area contributed by atoms with Gasteiger partial charge < -0.3 is 10.0 Å². The van der Waals surface area contributed by atoms with E-state index in [1.807, 2.05) is 30.5 Å². The third-order valence-electron chi connectivity index (χ3n) is 4.88. The predicted molar refractivity (Wildman–Crippen MR) is 87.0 cm³/mol. The van der Waals surface area contributed by atoms with E-state index in [1.165, 1.54) is 19.3 Å².